The fourth-order valence-corrected chi connectivity index (χ4v) is 7.75. The Morgan fingerprint density at radius 3 is 1.87 bits per heavy atom. The van der Waals surface area contributed by atoms with Gasteiger partial charge in [0.05, 0.1) is 12.0 Å². The molecule has 2 unspecified atom stereocenters. The fraction of sp³-hybridized carbons (Fsp3) is 0.870. The Balaban J connectivity index is 3.29. The van der Waals surface area contributed by atoms with Crippen LogP contribution in [0.4, 0.5) is 0 Å². The molecule has 31 heavy (non-hydrogen) atoms. The maximum atomic E-state index is 13.5. The Labute approximate surface area is 191 Å². The summed E-state index contributed by atoms with van der Waals surface area (Å²) in [7, 11) is -4.29. The fourth-order valence-electron chi connectivity index (χ4n) is 3.76. The highest BCUT2D eigenvalue weighted by molar-refractivity contribution is 6.80. The van der Waals surface area contributed by atoms with Crippen molar-refractivity contribution in [1.29, 1.82) is 0 Å². The second-order valence-corrected chi connectivity index (χ2v) is 22.0. The van der Waals surface area contributed by atoms with Crippen molar-refractivity contribution in [3.05, 3.63) is 0 Å². The van der Waals surface area contributed by atoms with Crippen molar-refractivity contribution < 1.29 is 23.5 Å². The molecule has 0 N–H and O–H groups in total. The lowest BCUT2D eigenvalue weighted by Gasteiger charge is -2.61. The van der Waals surface area contributed by atoms with E-state index in [0.29, 0.717) is 0 Å². The van der Waals surface area contributed by atoms with E-state index in [1.807, 2.05) is 18.4 Å². The van der Waals surface area contributed by atoms with E-state index in [1.165, 1.54) is 6.92 Å². The summed E-state index contributed by atoms with van der Waals surface area (Å²) in [6.45, 7) is 26.7. The normalized spacial score (nSPS) is 22.6. The van der Waals surface area contributed by atoms with Gasteiger partial charge >= 0.3 is 5.97 Å². The second-order valence-electron chi connectivity index (χ2n) is 12.2. The van der Waals surface area contributed by atoms with Crippen LogP contribution in [0.25, 0.3) is 0 Å². The third kappa shape index (κ3) is 5.68. The largest absolute Gasteiger partial charge is 0.458 e. The van der Waals surface area contributed by atoms with Gasteiger partial charge in [0.1, 0.15) is 6.61 Å². The number of carbonyl (C=O) groups is 3. The summed E-state index contributed by atoms with van der Waals surface area (Å²) in [5.74, 6) is -1.32. The highest BCUT2D eigenvalue weighted by Crippen LogP contribution is 2.49. The number of hydrogen-bond acceptors (Lipinski definition) is 5. The Hall–Kier alpha value is -0.996. The van der Waals surface area contributed by atoms with Crippen molar-refractivity contribution in [3.63, 3.8) is 0 Å². The predicted molar refractivity (Wildman–Crippen MR) is 130 cm³/mol. The molecule has 6 nitrogen and oxygen atoms in total. The molecule has 1 heterocycles. The van der Waals surface area contributed by atoms with Crippen molar-refractivity contribution in [2.45, 2.75) is 111 Å². The zero-order valence-corrected chi connectivity index (χ0v) is 24.0. The van der Waals surface area contributed by atoms with Crippen molar-refractivity contribution >= 4 is 34.2 Å². The van der Waals surface area contributed by atoms with Crippen molar-refractivity contribution in [2.75, 3.05) is 6.61 Å². The average Bonchev–Trinajstić information content (AvgIpc) is 2.53. The SMILES string of the molecule is CC(=O)OCC(=O)[C@H](C)C1C([C@H](C)O[Si](C)(C)C(C)(C)C)C(=O)N1[Si](C)(C)C(C)(C)C. The van der Waals surface area contributed by atoms with Gasteiger partial charge in [-0.25, -0.2) is 0 Å². The first-order chi connectivity index (χ1) is 13.7. The van der Waals surface area contributed by atoms with Gasteiger partial charge < -0.3 is 13.7 Å². The molecule has 8 heteroatoms. The summed E-state index contributed by atoms with van der Waals surface area (Å²) in [5.41, 5.74) is 0. The molecule has 0 aliphatic carbocycles. The number of rotatable bonds is 8. The molecule has 0 spiro atoms. The van der Waals surface area contributed by atoms with Crippen LogP contribution in [0.2, 0.25) is 36.3 Å². The molecule has 0 aromatic carbocycles. The maximum absolute atomic E-state index is 13.5. The Bertz CT molecular complexity index is 706. The van der Waals surface area contributed by atoms with Crippen LogP contribution in [0.3, 0.4) is 0 Å². The summed E-state index contributed by atoms with van der Waals surface area (Å²) >= 11 is 0. The highest BCUT2D eigenvalue weighted by Gasteiger charge is 2.61. The summed E-state index contributed by atoms with van der Waals surface area (Å²) in [5, 5.41) is -0.0203. The first-order valence-electron chi connectivity index (χ1n) is 11.3. The smallest absolute Gasteiger partial charge is 0.303 e. The molecular weight excluding hydrogens is 426 g/mol. The molecule has 1 rings (SSSR count). The van der Waals surface area contributed by atoms with E-state index in [-0.39, 0.29) is 46.4 Å². The van der Waals surface area contributed by atoms with Crippen LogP contribution in [0.15, 0.2) is 0 Å². The first-order valence-corrected chi connectivity index (χ1v) is 17.2. The minimum absolute atomic E-state index is 0.0272. The maximum Gasteiger partial charge on any atom is 0.303 e. The number of esters is 1. The molecule has 0 aromatic heterocycles. The van der Waals surface area contributed by atoms with E-state index < -0.39 is 28.4 Å². The van der Waals surface area contributed by atoms with Crippen LogP contribution in [-0.4, -0.2) is 57.5 Å². The molecule has 0 aromatic rings. The lowest BCUT2D eigenvalue weighted by atomic mass is 9.77. The highest BCUT2D eigenvalue weighted by atomic mass is 28.4. The van der Waals surface area contributed by atoms with Crippen molar-refractivity contribution in [3.8, 4) is 0 Å². The lowest BCUT2D eigenvalue weighted by Crippen LogP contribution is -2.77. The van der Waals surface area contributed by atoms with E-state index in [2.05, 4.69) is 67.7 Å². The molecule has 1 amide bonds. The second kappa shape index (κ2) is 9.10. The standard InChI is InChI=1S/C23H45NO5Si2/c1-15(18(26)14-28-17(3)25)20-19(16(2)29-31(12,13)23(7,8)9)21(27)24(20)30(10,11)22(4,5)6/h15-16,19-20H,14H2,1-13H3/t15-,16-,19?,20?/m0/s1. The Kier molecular flexibility index (Phi) is 8.23. The van der Waals surface area contributed by atoms with Crippen molar-refractivity contribution in [2.24, 2.45) is 11.8 Å². The summed E-state index contributed by atoms with van der Waals surface area (Å²) in [6.07, 6.45) is -0.275. The summed E-state index contributed by atoms with van der Waals surface area (Å²) in [4.78, 5) is 37.6. The van der Waals surface area contributed by atoms with Gasteiger partial charge in [-0.05, 0) is 30.1 Å². The molecular formula is C23H45NO5Si2. The van der Waals surface area contributed by atoms with Gasteiger partial charge in [0, 0.05) is 18.9 Å². The van der Waals surface area contributed by atoms with Gasteiger partial charge in [0.2, 0.25) is 5.91 Å². The topological polar surface area (TPSA) is 72.9 Å². The first kappa shape index (κ1) is 28.0. The van der Waals surface area contributed by atoms with Crippen LogP contribution in [0, 0.1) is 11.8 Å². The molecule has 1 aliphatic rings. The van der Waals surface area contributed by atoms with Crippen molar-refractivity contribution in [1.82, 2.24) is 4.57 Å². The molecule has 180 valence electrons. The van der Waals surface area contributed by atoms with Crippen LogP contribution >= 0.6 is 0 Å². The zero-order chi connectivity index (χ0) is 24.7. The average molecular weight is 472 g/mol. The lowest BCUT2D eigenvalue weighted by molar-refractivity contribution is -0.161. The van der Waals surface area contributed by atoms with Crippen LogP contribution < -0.4 is 0 Å². The Morgan fingerprint density at radius 1 is 1.00 bits per heavy atom. The molecule has 1 fully saturated rings. The van der Waals surface area contributed by atoms with E-state index in [9.17, 15) is 14.4 Å². The van der Waals surface area contributed by atoms with Gasteiger partial charge in [-0.15, -0.1) is 0 Å². The van der Waals surface area contributed by atoms with Crippen LogP contribution in [0.1, 0.15) is 62.3 Å². The van der Waals surface area contributed by atoms with E-state index in [1.54, 1.807) is 0 Å². The van der Waals surface area contributed by atoms with E-state index in [0.717, 1.165) is 0 Å². The van der Waals surface area contributed by atoms with Gasteiger partial charge in [-0.2, -0.15) is 0 Å². The number of hydrogen-bond donors (Lipinski definition) is 0. The summed E-state index contributed by atoms with van der Waals surface area (Å²) < 4.78 is 13.6. The molecule has 1 aliphatic heterocycles. The number of nitrogens with zero attached hydrogens (tertiary/aromatic N) is 1. The quantitative estimate of drug-likeness (QED) is 0.283. The Morgan fingerprint density at radius 2 is 1.48 bits per heavy atom. The molecule has 4 atom stereocenters. The minimum atomic E-state index is -2.20. The molecule has 0 bridgehead atoms. The van der Waals surface area contributed by atoms with E-state index in [4.69, 9.17) is 9.16 Å². The zero-order valence-electron chi connectivity index (χ0n) is 22.0. The van der Waals surface area contributed by atoms with Crippen LogP contribution in [0.5, 0.6) is 0 Å². The van der Waals surface area contributed by atoms with E-state index >= 15 is 0 Å². The van der Waals surface area contributed by atoms with Gasteiger partial charge in [-0.1, -0.05) is 61.6 Å². The number of β-lactam (4-membered cyclic amide) rings is 1. The predicted octanol–water partition coefficient (Wildman–Crippen LogP) is 5.00. The third-order valence-electron chi connectivity index (χ3n) is 7.86. The minimum Gasteiger partial charge on any atom is -0.458 e. The summed E-state index contributed by atoms with van der Waals surface area (Å²) in [6, 6.07) is -0.240. The third-order valence-corrected chi connectivity index (χ3v) is 17.8. The number of ether oxygens (including phenoxy) is 1. The molecule has 0 radical (unpaired) electrons. The number of Topliss-reactive ketones (excluding diaryl/α,β-unsaturated/α-hetero) is 1. The number of amides is 1. The monoisotopic (exact) mass is 471 g/mol. The molecule has 0 saturated carbocycles. The van der Waals surface area contributed by atoms with Crippen LogP contribution in [-0.2, 0) is 23.5 Å². The number of ketones is 1. The number of carbonyl (C=O) groups excluding carboxylic acids is 3. The van der Waals surface area contributed by atoms with Gasteiger partial charge in [0.25, 0.3) is 0 Å². The van der Waals surface area contributed by atoms with Gasteiger partial charge in [-0.3, -0.25) is 14.4 Å². The van der Waals surface area contributed by atoms with Gasteiger partial charge in [0.15, 0.2) is 22.3 Å². The molecule has 1 saturated heterocycles.